The van der Waals surface area contributed by atoms with Gasteiger partial charge in [-0.1, -0.05) is 0 Å². The van der Waals surface area contributed by atoms with Crippen molar-refractivity contribution < 1.29 is 9.90 Å². The Morgan fingerprint density at radius 2 is 2.36 bits per heavy atom. The Hall–Kier alpha value is -1.98. The summed E-state index contributed by atoms with van der Waals surface area (Å²) in [5.74, 6) is 0. The summed E-state index contributed by atoms with van der Waals surface area (Å²) in [5, 5.41) is 10.4. The lowest BCUT2D eigenvalue weighted by Gasteiger charge is -2.05. The largest absolute Gasteiger partial charge is 0.465 e. The topological polar surface area (TPSA) is 97.3 Å². The average Bonchev–Trinajstić information content (AvgIpc) is 2.12. The fourth-order valence-corrected chi connectivity index (χ4v) is 1.01. The third-order valence-electron chi connectivity index (χ3n) is 1.68. The first-order valence-corrected chi connectivity index (χ1v) is 4.03. The van der Waals surface area contributed by atoms with Crippen LogP contribution in [-0.4, -0.2) is 22.3 Å². The first-order valence-electron chi connectivity index (χ1n) is 4.03. The smallest absolute Gasteiger partial charge is 0.404 e. The van der Waals surface area contributed by atoms with Gasteiger partial charge in [0, 0.05) is 19.3 Å². The number of amides is 1. The molecule has 0 aliphatic heterocycles. The van der Waals surface area contributed by atoms with Crippen molar-refractivity contribution in [1.29, 1.82) is 0 Å². The zero-order valence-electron chi connectivity index (χ0n) is 7.43. The number of nitrogens with two attached hydrogens (primary N) is 1. The van der Waals surface area contributed by atoms with Crippen molar-refractivity contribution in [2.75, 3.05) is 12.3 Å². The SMILES string of the molecule is Nc1cccn(CCNC(=O)O)c1=O. The molecule has 14 heavy (non-hydrogen) atoms. The number of hydrogen-bond donors (Lipinski definition) is 3. The Morgan fingerprint density at radius 3 is 3.00 bits per heavy atom. The summed E-state index contributed by atoms with van der Waals surface area (Å²) in [6, 6.07) is 3.14. The van der Waals surface area contributed by atoms with Crippen LogP contribution in [0.1, 0.15) is 0 Å². The maximum absolute atomic E-state index is 11.3. The van der Waals surface area contributed by atoms with Crippen molar-refractivity contribution in [3.8, 4) is 0 Å². The fourth-order valence-electron chi connectivity index (χ4n) is 1.01. The molecular weight excluding hydrogens is 186 g/mol. The number of nitrogen functional groups attached to an aromatic ring is 1. The van der Waals surface area contributed by atoms with Crippen molar-refractivity contribution in [2.24, 2.45) is 0 Å². The molecule has 0 radical (unpaired) electrons. The summed E-state index contributed by atoms with van der Waals surface area (Å²) in [5.41, 5.74) is 5.23. The van der Waals surface area contributed by atoms with Crippen LogP contribution < -0.4 is 16.6 Å². The molecule has 1 aromatic rings. The fraction of sp³-hybridized carbons (Fsp3) is 0.250. The van der Waals surface area contributed by atoms with E-state index in [9.17, 15) is 9.59 Å². The molecule has 6 nitrogen and oxygen atoms in total. The molecule has 0 spiro atoms. The molecule has 1 aromatic heterocycles. The molecule has 4 N–H and O–H groups in total. The van der Waals surface area contributed by atoms with Crippen LogP contribution in [-0.2, 0) is 6.54 Å². The van der Waals surface area contributed by atoms with Crippen molar-refractivity contribution >= 4 is 11.8 Å². The van der Waals surface area contributed by atoms with Crippen molar-refractivity contribution in [3.05, 3.63) is 28.7 Å². The van der Waals surface area contributed by atoms with Crippen molar-refractivity contribution in [3.63, 3.8) is 0 Å². The predicted octanol–water partition coefficient (Wildman–Crippen LogP) is -0.302. The molecule has 1 amide bonds. The van der Waals surface area contributed by atoms with Crippen LogP contribution in [0.15, 0.2) is 23.1 Å². The molecule has 1 heterocycles. The van der Waals surface area contributed by atoms with Crippen molar-refractivity contribution in [2.45, 2.75) is 6.54 Å². The lowest BCUT2D eigenvalue weighted by atomic mass is 10.4. The standard InChI is InChI=1S/C8H11N3O3/c9-6-2-1-4-11(7(6)12)5-3-10-8(13)14/h1-2,4,10H,3,5,9H2,(H,13,14). The van der Waals surface area contributed by atoms with E-state index in [0.717, 1.165) is 0 Å². The molecular formula is C8H11N3O3. The molecule has 0 aromatic carbocycles. The Kier molecular flexibility index (Phi) is 3.11. The number of hydrogen-bond acceptors (Lipinski definition) is 3. The van der Waals surface area contributed by atoms with Gasteiger partial charge in [0.1, 0.15) is 0 Å². The summed E-state index contributed by atoms with van der Waals surface area (Å²) in [6.45, 7) is 0.453. The minimum atomic E-state index is -1.11. The summed E-state index contributed by atoms with van der Waals surface area (Å²) < 4.78 is 1.35. The third kappa shape index (κ3) is 2.51. The highest BCUT2D eigenvalue weighted by molar-refractivity contribution is 5.64. The quantitative estimate of drug-likeness (QED) is 0.619. The second-order valence-electron chi connectivity index (χ2n) is 2.69. The van der Waals surface area contributed by atoms with Gasteiger partial charge in [-0.15, -0.1) is 0 Å². The first-order chi connectivity index (χ1) is 6.61. The van der Waals surface area contributed by atoms with Crippen LogP contribution >= 0.6 is 0 Å². The minimum Gasteiger partial charge on any atom is -0.465 e. The number of nitrogens with one attached hydrogen (secondary N) is 1. The number of carboxylic acid groups (broad SMARTS) is 1. The van der Waals surface area contributed by atoms with E-state index in [-0.39, 0.29) is 24.3 Å². The number of anilines is 1. The van der Waals surface area contributed by atoms with Gasteiger partial charge < -0.3 is 20.7 Å². The van der Waals surface area contributed by atoms with Crippen LogP contribution in [0.3, 0.4) is 0 Å². The molecule has 0 fully saturated rings. The molecule has 0 aliphatic rings. The first kappa shape index (κ1) is 10.1. The number of pyridine rings is 1. The molecule has 6 heteroatoms. The number of nitrogens with zero attached hydrogens (tertiary/aromatic N) is 1. The lowest BCUT2D eigenvalue weighted by Crippen LogP contribution is -2.30. The summed E-state index contributed by atoms with van der Waals surface area (Å²) in [6.07, 6.45) is 0.448. The van der Waals surface area contributed by atoms with Crippen LogP contribution in [0.4, 0.5) is 10.5 Å². The maximum atomic E-state index is 11.3. The summed E-state index contributed by atoms with van der Waals surface area (Å²) in [4.78, 5) is 21.4. The van der Waals surface area contributed by atoms with Gasteiger partial charge in [0.2, 0.25) is 0 Å². The molecule has 0 unspecified atom stereocenters. The molecule has 0 aliphatic carbocycles. The van der Waals surface area contributed by atoms with Crippen LogP contribution in [0.5, 0.6) is 0 Å². The monoisotopic (exact) mass is 197 g/mol. The molecule has 1 rings (SSSR count). The van der Waals surface area contributed by atoms with Gasteiger partial charge in [0.05, 0.1) is 5.69 Å². The summed E-state index contributed by atoms with van der Waals surface area (Å²) >= 11 is 0. The van der Waals surface area contributed by atoms with Gasteiger partial charge in [0.15, 0.2) is 0 Å². The summed E-state index contributed by atoms with van der Waals surface area (Å²) in [7, 11) is 0. The van der Waals surface area contributed by atoms with Crippen LogP contribution in [0.2, 0.25) is 0 Å². The molecule has 0 bridgehead atoms. The molecule has 0 atom stereocenters. The zero-order chi connectivity index (χ0) is 10.6. The van der Waals surface area contributed by atoms with Crippen LogP contribution in [0.25, 0.3) is 0 Å². The van der Waals surface area contributed by atoms with E-state index < -0.39 is 6.09 Å². The lowest BCUT2D eigenvalue weighted by molar-refractivity contribution is 0.194. The van der Waals surface area contributed by atoms with E-state index in [4.69, 9.17) is 10.8 Å². The highest BCUT2D eigenvalue weighted by Crippen LogP contribution is 1.90. The number of rotatable bonds is 3. The Morgan fingerprint density at radius 1 is 1.64 bits per heavy atom. The number of aromatic nitrogens is 1. The van der Waals surface area contributed by atoms with E-state index >= 15 is 0 Å². The normalized spacial score (nSPS) is 9.71. The van der Waals surface area contributed by atoms with E-state index in [0.29, 0.717) is 0 Å². The van der Waals surface area contributed by atoms with Gasteiger partial charge in [-0.25, -0.2) is 4.79 Å². The Labute approximate surface area is 80.0 Å². The Balaban J connectivity index is 2.64. The highest BCUT2D eigenvalue weighted by Gasteiger charge is 1.99. The highest BCUT2D eigenvalue weighted by atomic mass is 16.4. The molecule has 76 valence electrons. The zero-order valence-corrected chi connectivity index (χ0v) is 7.43. The average molecular weight is 197 g/mol. The predicted molar refractivity (Wildman–Crippen MR) is 51.1 cm³/mol. The molecule has 0 saturated carbocycles. The maximum Gasteiger partial charge on any atom is 0.404 e. The van der Waals surface area contributed by atoms with Gasteiger partial charge in [-0.2, -0.15) is 0 Å². The molecule has 0 saturated heterocycles. The minimum absolute atomic E-state index is 0.155. The van der Waals surface area contributed by atoms with E-state index in [1.54, 1.807) is 12.3 Å². The van der Waals surface area contributed by atoms with Gasteiger partial charge in [-0.3, -0.25) is 4.79 Å². The van der Waals surface area contributed by atoms with Gasteiger partial charge in [-0.05, 0) is 12.1 Å². The third-order valence-corrected chi connectivity index (χ3v) is 1.68. The Bertz CT molecular complexity index is 386. The van der Waals surface area contributed by atoms with E-state index in [1.807, 2.05) is 0 Å². The van der Waals surface area contributed by atoms with Crippen LogP contribution in [0, 0.1) is 0 Å². The van der Waals surface area contributed by atoms with Gasteiger partial charge in [0.25, 0.3) is 5.56 Å². The number of carbonyl (C=O) groups is 1. The second-order valence-corrected chi connectivity index (χ2v) is 2.69. The van der Waals surface area contributed by atoms with Crippen molar-refractivity contribution in [1.82, 2.24) is 9.88 Å². The van der Waals surface area contributed by atoms with E-state index in [2.05, 4.69) is 5.32 Å². The van der Waals surface area contributed by atoms with E-state index in [1.165, 1.54) is 10.6 Å². The second kappa shape index (κ2) is 4.31. The van der Waals surface area contributed by atoms with Gasteiger partial charge >= 0.3 is 6.09 Å².